The molecule has 3 heterocycles. The van der Waals surface area contributed by atoms with Gasteiger partial charge < -0.3 is 28.3 Å². The van der Waals surface area contributed by atoms with E-state index in [2.05, 4.69) is 17.9 Å². The average Bonchev–Trinajstić information content (AvgIpc) is 3.07. The van der Waals surface area contributed by atoms with Crippen molar-refractivity contribution in [1.29, 1.82) is 0 Å². The lowest BCUT2D eigenvalue weighted by atomic mass is 9.90. The molecule has 0 amide bonds. The van der Waals surface area contributed by atoms with E-state index >= 15 is 0 Å². The van der Waals surface area contributed by atoms with Gasteiger partial charge in [-0.3, -0.25) is 0 Å². The Kier molecular flexibility index (Phi) is 17.0. The van der Waals surface area contributed by atoms with Gasteiger partial charge in [-0.25, -0.2) is 9.59 Å². The van der Waals surface area contributed by atoms with Crippen molar-refractivity contribution >= 4 is 22.6 Å². The number of nitrogens with zero attached hydrogens (tertiary/aromatic N) is 1. The lowest BCUT2D eigenvalue weighted by Gasteiger charge is -2.37. The first-order valence-electron chi connectivity index (χ1n) is 18.5. The summed E-state index contributed by atoms with van der Waals surface area (Å²) in [6.45, 7) is 7.43. The van der Waals surface area contributed by atoms with Crippen LogP contribution >= 0.6 is 0 Å². The van der Waals surface area contributed by atoms with E-state index in [1.165, 1.54) is 94.7 Å². The van der Waals surface area contributed by atoms with E-state index < -0.39 is 11.6 Å². The van der Waals surface area contributed by atoms with E-state index in [4.69, 9.17) is 23.4 Å². The third-order valence-electron chi connectivity index (χ3n) is 9.28. The number of hydrogen-bond acceptors (Lipinski definition) is 8. The number of esters is 1. The topological polar surface area (TPSA) is 87.4 Å². The molecule has 258 valence electrons. The zero-order chi connectivity index (χ0) is 32.2. The van der Waals surface area contributed by atoms with Gasteiger partial charge in [0.05, 0.1) is 33.0 Å². The molecule has 46 heavy (non-hydrogen) atoms. The number of aryl methyl sites for hydroxylation is 2. The third kappa shape index (κ3) is 12.0. The monoisotopic (exact) mass is 641 g/mol. The highest BCUT2D eigenvalue weighted by Gasteiger charge is 2.27. The molecule has 0 fully saturated rings. The number of rotatable bonds is 25. The Bertz CT molecular complexity index is 1220. The van der Waals surface area contributed by atoms with Gasteiger partial charge in [-0.1, -0.05) is 90.4 Å². The Labute approximate surface area is 276 Å². The maximum absolute atomic E-state index is 12.7. The van der Waals surface area contributed by atoms with E-state index in [0.29, 0.717) is 32.0 Å². The summed E-state index contributed by atoms with van der Waals surface area (Å²) in [5, 5.41) is 0.793. The summed E-state index contributed by atoms with van der Waals surface area (Å²) >= 11 is 0. The highest BCUT2D eigenvalue weighted by molar-refractivity contribution is 5.95. The second-order valence-corrected chi connectivity index (χ2v) is 13.0. The number of carbonyl (C=O) groups excluding carboxylic acids is 1. The van der Waals surface area contributed by atoms with Crippen molar-refractivity contribution in [2.24, 2.45) is 0 Å². The molecule has 2 aromatic rings. The average molecular weight is 642 g/mol. The second-order valence-electron chi connectivity index (χ2n) is 13.0. The van der Waals surface area contributed by atoms with Crippen molar-refractivity contribution in [2.45, 2.75) is 122 Å². The number of benzene rings is 1. The SMILES string of the molecule is CCCCCCCCCCCCCCCCOCCOCCOCCOC(=O)c1cc2cc3c4c(c2oc1=O)CCCN4CCC3. The van der Waals surface area contributed by atoms with Crippen LogP contribution in [-0.4, -0.2) is 65.3 Å². The first-order chi connectivity index (χ1) is 22.7. The van der Waals surface area contributed by atoms with Crippen molar-refractivity contribution in [2.75, 3.05) is 64.2 Å². The van der Waals surface area contributed by atoms with Gasteiger partial charge in [0.2, 0.25) is 0 Å². The quantitative estimate of drug-likeness (QED) is 0.0610. The molecule has 2 aliphatic heterocycles. The smallest absolute Gasteiger partial charge is 0.351 e. The van der Waals surface area contributed by atoms with E-state index in [1.807, 2.05) is 0 Å². The van der Waals surface area contributed by atoms with Crippen LogP contribution in [-0.2, 0) is 31.8 Å². The van der Waals surface area contributed by atoms with Crippen LogP contribution in [0.1, 0.15) is 131 Å². The van der Waals surface area contributed by atoms with Crippen molar-refractivity contribution in [3.8, 4) is 0 Å². The molecule has 1 aromatic heterocycles. The largest absolute Gasteiger partial charge is 0.459 e. The number of carbonyl (C=O) groups is 1. The van der Waals surface area contributed by atoms with Gasteiger partial charge in [-0.05, 0) is 49.8 Å². The number of ether oxygens (including phenoxy) is 4. The number of hydrogen-bond donors (Lipinski definition) is 0. The highest BCUT2D eigenvalue weighted by Crippen LogP contribution is 2.39. The first kappa shape index (κ1) is 36.4. The second kappa shape index (κ2) is 21.5. The van der Waals surface area contributed by atoms with Gasteiger partial charge in [0, 0.05) is 36.3 Å². The minimum Gasteiger partial charge on any atom is -0.459 e. The van der Waals surface area contributed by atoms with Gasteiger partial charge >= 0.3 is 11.6 Å². The van der Waals surface area contributed by atoms with Crippen LogP contribution in [0.5, 0.6) is 0 Å². The van der Waals surface area contributed by atoms with Gasteiger partial charge in [0.1, 0.15) is 17.8 Å². The Morgan fingerprint density at radius 1 is 0.696 bits per heavy atom. The van der Waals surface area contributed by atoms with Crippen molar-refractivity contribution in [3.05, 3.63) is 39.2 Å². The van der Waals surface area contributed by atoms with Crippen LogP contribution in [0.2, 0.25) is 0 Å². The van der Waals surface area contributed by atoms with Gasteiger partial charge in [-0.15, -0.1) is 0 Å². The van der Waals surface area contributed by atoms with Crippen LogP contribution < -0.4 is 10.5 Å². The van der Waals surface area contributed by atoms with E-state index in [0.717, 1.165) is 62.8 Å². The number of unbranched alkanes of at least 4 members (excludes halogenated alkanes) is 13. The molecular weight excluding hydrogens is 582 g/mol. The molecule has 0 atom stereocenters. The zero-order valence-corrected chi connectivity index (χ0v) is 28.6. The number of fused-ring (bicyclic) bond motifs is 2. The predicted octanol–water partition coefficient (Wildman–Crippen LogP) is 8.18. The molecule has 8 nitrogen and oxygen atoms in total. The van der Waals surface area contributed by atoms with E-state index in [1.54, 1.807) is 6.07 Å². The minimum atomic E-state index is -0.681. The molecule has 0 aliphatic carbocycles. The fourth-order valence-corrected chi connectivity index (χ4v) is 6.80. The third-order valence-corrected chi connectivity index (χ3v) is 9.28. The van der Waals surface area contributed by atoms with E-state index in [-0.39, 0.29) is 18.8 Å². The summed E-state index contributed by atoms with van der Waals surface area (Å²) in [5.41, 5.74) is 3.49. The van der Waals surface area contributed by atoms with Crippen molar-refractivity contribution < 1.29 is 28.2 Å². The molecular formula is C38H59NO7. The summed E-state index contributed by atoms with van der Waals surface area (Å²) in [5.74, 6) is -0.681. The molecule has 0 saturated heterocycles. The zero-order valence-electron chi connectivity index (χ0n) is 28.6. The fourth-order valence-electron chi connectivity index (χ4n) is 6.80. The minimum absolute atomic E-state index is 0.0585. The lowest BCUT2D eigenvalue weighted by molar-refractivity contribution is 0.0000847. The maximum atomic E-state index is 12.7. The molecule has 0 bridgehead atoms. The highest BCUT2D eigenvalue weighted by atomic mass is 16.6. The Balaban J connectivity index is 0.953. The first-order valence-corrected chi connectivity index (χ1v) is 18.5. The van der Waals surface area contributed by atoms with Crippen LogP contribution in [0.3, 0.4) is 0 Å². The molecule has 4 rings (SSSR count). The molecule has 1 aromatic carbocycles. The van der Waals surface area contributed by atoms with Gasteiger partial charge in [-0.2, -0.15) is 0 Å². The van der Waals surface area contributed by atoms with Crippen LogP contribution in [0, 0.1) is 0 Å². The Morgan fingerprint density at radius 3 is 1.87 bits per heavy atom. The van der Waals surface area contributed by atoms with Gasteiger partial charge in [0.25, 0.3) is 0 Å². The number of anilines is 1. The summed E-state index contributed by atoms with van der Waals surface area (Å²) in [4.78, 5) is 27.8. The molecule has 0 N–H and O–H groups in total. The molecule has 8 heteroatoms. The lowest BCUT2D eigenvalue weighted by Crippen LogP contribution is -2.34. The summed E-state index contributed by atoms with van der Waals surface area (Å²) in [6.07, 6.45) is 23.1. The van der Waals surface area contributed by atoms with Crippen molar-refractivity contribution in [3.63, 3.8) is 0 Å². The Morgan fingerprint density at radius 2 is 1.24 bits per heavy atom. The normalized spacial score (nSPS) is 14.2. The van der Waals surface area contributed by atoms with Crippen LogP contribution in [0.15, 0.2) is 21.3 Å². The molecule has 0 spiro atoms. The van der Waals surface area contributed by atoms with Gasteiger partial charge in [0.15, 0.2) is 0 Å². The fraction of sp³-hybridized carbons (Fsp3) is 0.737. The molecule has 0 radical (unpaired) electrons. The van der Waals surface area contributed by atoms with E-state index in [9.17, 15) is 9.59 Å². The standard InChI is InChI=1S/C38H59NO7/c1-2-3-4-5-6-7-8-9-10-11-12-13-14-15-22-42-23-24-43-25-26-44-27-28-45-37(40)34-30-32-29-31-18-16-20-39-21-17-19-33(35(31)39)36(32)46-38(34)41/h29-30H,2-28H2,1H3. The summed E-state index contributed by atoms with van der Waals surface area (Å²) in [6, 6.07) is 3.70. The Hall–Kier alpha value is -2.42. The van der Waals surface area contributed by atoms with Crippen LogP contribution in [0.25, 0.3) is 11.0 Å². The molecule has 2 aliphatic rings. The summed E-state index contributed by atoms with van der Waals surface area (Å²) < 4.78 is 27.8. The molecule has 0 unspecified atom stereocenters. The maximum Gasteiger partial charge on any atom is 0.351 e. The van der Waals surface area contributed by atoms with Crippen molar-refractivity contribution in [1.82, 2.24) is 0 Å². The van der Waals surface area contributed by atoms with Crippen LogP contribution in [0.4, 0.5) is 5.69 Å². The molecule has 0 saturated carbocycles. The predicted molar refractivity (Wildman–Crippen MR) is 184 cm³/mol. The summed E-state index contributed by atoms with van der Waals surface area (Å²) in [7, 11) is 0.